The summed E-state index contributed by atoms with van der Waals surface area (Å²) in [6, 6.07) is 1.87. The monoisotopic (exact) mass is 295 g/mol. The van der Waals surface area contributed by atoms with Crippen molar-refractivity contribution in [3.63, 3.8) is 0 Å². The molecule has 0 aromatic carbocycles. The first-order valence-electron chi connectivity index (χ1n) is 5.27. The first-order chi connectivity index (χ1) is 8.65. The second-order valence-electron chi connectivity index (χ2n) is 3.83. The number of aryl methyl sites for hydroxylation is 1. The number of fused-ring (bicyclic) bond motifs is 1. The SMILES string of the molecule is Cc1ncc(Cn2c(=S)[nH]c3ccsc3c2=O)s1. The molecule has 0 aliphatic carbocycles. The van der Waals surface area contributed by atoms with Gasteiger partial charge in [0.05, 0.1) is 17.1 Å². The molecule has 0 saturated carbocycles. The van der Waals surface area contributed by atoms with Gasteiger partial charge in [0.25, 0.3) is 5.56 Å². The van der Waals surface area contributed by atoms with Gasteiger partial charge in [-0.15, -0.1) is 22.7 Å². The quantitative estimate of drug-likeness (QED) is 0.740. The number of nitrogens with one attached hydrogen (secondary N) is 1. The second kappa shape index (κ2) is 4.42. The molecule has 0 bridgehead atoms. The minimum Gasteiger partial charge on any atom is -0.331 e. The normalized spacial score (nSPS) is 11.2. The Morgan fingerprint density at radius 3 is 3.11 bits per heavy atom. The maximum absolute atomic E-state index is 12.3. The van der Waals surface area contributed by atoms with E-state index < -0.39 is 0 Å². The number of thiophene rings is 1. The third-order valence-electron chi connectivity index (χ3n) is 2.57. The van der Waals surface area contributed by atoms with Gasteiger partial charge in [-0.3, -0.25) is 9.36 Å². The Kier molecular flexibility index (Phi) is 2.89. The van der Waals surface area contributed by atoms with Crippen LogP contribution in [0.15, 0.2) is 22.4 Å². The smallest absolute Gasteiger partial charge is 0.272 e. The first-order valence-corrected chi connectivity index (χ1v) is 7.37. The first kappa shape index (κ1) is 11.8. The van der Waals surface area contributed by atoms with E-state index in [1.807, 2.05) is 18.4 Å². The van der Waals surface area contributed by atoms with E-state index in [1.54, 1.807) is 22.1 Å². The van der Waals surface area contributed by atoms with Crippen LogP contribution < -0.4 is 5.56 Å². The number of aromatic amines is 1. The Balaban J connectivity index is 2.17. The molecule has 7 heteroatoms. The zero-order chi connectivity index (χ0) is 12.7. The van der Waals surface area contributed by atoms with Gasteiger partial charge in [-0.1, -0.05) is 0 Å². The Morgan fingerprint density at radius 2 is 2.39 bits per heavy atom. The molecule has 0 amide bonds. The van der Waals surface area contributed by atoms with Crippen molar-refractivity contribution >= 4 is 45.1 Å². The minimum atomic E-state index is -0.0326. The third-order valence-corrected chi connectivity index (χ3v) is 4.70. The lowest BCUT2D eigenvalue weighted by Gasteiger charge is -2.03. The van der Waals surface area contributed by atoms with Crippen LogP contribution in [0.4, 0.5) is 0 Å². The van der Waals surface area contributed by atoms with Crippen LogP contribution >= 0.6 is 34.9 Å². The zero-order valence-corrected chi connectivity index (χ0v) is 11.9. The second-order valence-corrected chi connectivity index (χ2v) is 6.45. The number of rotatable bonds is 2. The van der Waals surface area contributed by atoms with Gasteiger partial charge < -0.3 is 4.98 Å². The van der Waals surface area contributed by atoms with Gasteiger partial charge in [0.15, 0.2) is 4.77 Å². The van der Waals surface area contributed by atoms with Crippen molar-refractivity contribution in [2.45, 2.75) is 13.5 Å². The van der Waals surface area contributed by atoms with Crippen LogP contribution in [-0.2, 0) is 6.54 Å². The average molecular weight is 295 g/mol. The minimum absolute atomic E-state index is 0.0326. The van der Waals surface area contributed by atoms with Crippen LogP contribution in [0.3, 0.4) is 0 Å². The van der Waals surface area contributed by atoms with Gasteiger partial charge in [0, 0.05) is 11.1 Å². The Bertz CT molecular complexity index is 824. The lowest BCUT2D eigenvalue weighted by molar-refractivity contribution is 0.744. The van der Waals surface area contributed by atoms with Crippen molar-refractivity contribution in [2.24, 2.45) is 0 Å². The summed E-state index contributed by atoms with van der Waals surface area (Å²) >= 11 is 8.24. The molecule has 3 rings (SSSR count). The summed E-state index contributed by atoms with van der Waals surface area (Å²) in [4.78, 5) is 20.6. The summed E-state index contributed by atoms with van der Waals surface area (Å²) in [5, 5.41) is 2.88. The van der Waals surface area contributed by atoms with Crippen LogP contribution in [0.2, 0.25) is 0 Å². The van der Waals surface area contributed by atoms with E-state index in [2.05, 4.69) is 9.97 Å². The molecule has 18 heavy (non-hydrogen) atoms. The number of hydrogen-bond acceptors (Lipinski definition) is 5. The van der Waals surface area contributed by atoms with E-state index >= 15 is 0 Å². The van der Waals surface area contributed by atoms with Crippen LogP contribution in [0.5, 0.6) is 0 Å². The summed E-state index contributed by atoms with van der Waals surface area (Å²) in [5.41, 5.74) is 0.779. The molecule has 3 aromatic heterocycles. The third kappa shape index (κ3) is 1.94. The standard InChI is InChI=1S/C11H9N3OS3/c1-6-12-4-7(18-6)5-14-10(15)9-8(2-3-17-9)13-11(14)16/h2-4H,5H2,1H3,(H,13,16). The summed E-state index contributed by atoms with van der Waals surface area (Å²) in [6.45, 7) is 2.42. The molecule has 92 valence electrons. The summed E-state index contributed by atoms with van der Waals surface area (Å²) in [7, 11) is 0. The van der Waals surface area contributed by atoms with E-state index in [1.165, 1.54) is 11.3 Å². The lowest BCUT2D eigenvalue weighted by atomic mass is 10.4. The van der Waals surface area contributed by atoms with E-state index in [-0.39, 0.29) is 5.56 Å². The van der Waals surface area contributed by atoms with Crippen LogP contribution in [0, 0.1) is 11.7 Å². The van der Waals surface area contributed by atoms with E-state index in [4.69, 9.17) is 12.2 Å². The molecule has 4 nitrogen and oxygen atoms in total. The molecule has 0 spiro atoms. The molecule has 3 heterocycles. The molecule has 0 atom stereocenters. The summed E-state index contributed by atoms with van der Waals surface area (Å²) in [5.74, 6) is 0. The molecule has 1 N–H and O–H groups in total. The zero-order valence-electron chi connectivity index (χ0n) is 9.47. The van der Waals surface area contributed by atoms with E-state index in [0.29, 0.717) is 16.0 Å². The van der Waals surface area contributed by atoms with Gasteiger partial charge in [-0.2, -0.15) is 0 Å². The lowest BCUT2D eigenvalue weighted by Crippen LogP contribution is -2.21. The van der Waals surface area contributed by atoms with Crippen molar-refractivity contribution in [2.75, 3.05) is 0 Å². The fourth-order valence-corrected chi connectivity index (χ4v) is 3.59. The van der Waals surface area contributed by atoms with Crippen molar-refractivity contribution < 1.29 is 0 Å². The van der Waals surface area contributed by atoms with Crippen LogP contribution in [-0.4, -0.2) is 14.5 Å². The molecule has 0 aliphatic heterocycles. The highest BCUT2D eigenvalue weighted by Crippen LogP contribution is 2.16. The van der Waals surface area contributed by atoms with Crippen molar-refractivity contribution in [3.05, 3.63) is 42.7 Å². The topological polar surface area (TPSA) is 50.7 Å². The van der Waals surface area contributed by atoms with Crippen LogP contribution in [0.1, 0.15) is 9.88 Å². The summed E-state index contributed by atoms with van der Waals surface area (Å²) in [6.07, 6.45) is 1.79. The molecule has 0 radical (unpaired) electrons. The average Bonchev–Trinajstić information content (AvgIpc) is 2.93. The van der Waals surface area contributed by atoms with Gasteiger partial charge in [-0.05, 0) is 30.6 Å². The highest BCUT2D eigenvalue weighted by Gasteiger charge is 2.08. The number of aromatic nitrogens is 3. The Hall–Kier alpha value is -1.31. The molecule has 3 aromatic rings. The largest absolute Gasteiger partial charge is 0.331 e. The maximum Gasteiger partial charge on any atom is 0.272 e. The van der Waals surface area contributed by atoms with Gasteiger partial charge in [-0.25, -0.2) is 4.98 Å². The number of nitrogens with zero attached hydrogens (tertiary/aromatic N) is 2. The van der Waals surface area contributed by atoms with Gasteiger partial charge in [0.1, 0.15) is 4.70 Å². The number of hydrogen-bond donors (Lipinski definition) is 1. The van der Waals surface area contributed by atoms with E-state index in [9.17, 15) is 4.79 Å². The molecule has 0 saturated heterocycles. The van der Waals surface area contributed by atoms with Gasteiger partial charge in [0.2, 0.25) is 0 Å². The highest BCUT2D eigenvalue weighted by atomic mass is 32.1. The van der Waals surface area contributed by atoms with E-state index in [0.717, 1.165) is 15.4 Å². The van der Waals surface area contributed by atoms with Crippen molar-refractivity contribution in [1.82, 2.24) is 14.5 Å². The van der Waals surface area contributed by atoms with Crippen molar-refractivity contribution in [1.29, 1.82) is 0 Å². The molecular weight excluding hydrogens is 286 g/mol. The molecular formula is C11H9N3OS3. The maximum atomic E-state index is 12.3. The Labute approximate surface area is 116 Å². The molecule has 0 fully saturated rings. The fraction of sp³-hybridized carbons (Fsp3) is 0.182. The predicted molar refractivity (Wildman–Crippen MR) is 77.2 cm³/mol. The van der Waals surface area contributed by atoms with Crippen molar-refractivity contribution in [3.8, 4) is 0 Å². The van der Waals surface area contributed by atoms with Crippen LogP contribution in [0.25, 0.3) is 10.2 Å². The fourth-order valence-electron chi connectivity index (χ4n) is 1.75. The summed E-state index contributed by atoms with van der Waals surface area (Å²) < 4.78 is 2.75. The molecule has 0 unspecified atom stereocenters. The number of thiazole rings is 1. The Morgan fingerprint density at radius 1 is 1.56 bits per heavy atom. The predicted octanol–water partition coefficient (Wildman–Crippen LogP) is 2.93. The van der Waals surface area contributed by atoms with Gasteiger partial charge >= 0.3 is 0 Å². The molecule has 0 aliphatic rings. The number of H-pyrrole nitrogens is 1. The highest BCUT2D eigenvalue weighted by molar-refractivity contribution is 7.71.